The smallest absolute Gasteiger partial charge is 0.326 e. The lowest BCUT2D eigenvalue weighted by Gasteiger charge is -2.19. The normalized spacial score (nSPS) is 11.7. The fourth-order valence-electron chi connectivity index (χ4n) is 4.77. The van der Waals surface area contributed by atoms with Crippen LogP contribution in [0, 0.1) is 0 Å². The molecule has 3 heterocycles. The molecule has 4 rings (SSSR count). The summed E-state index contributed by atoms with van der Waals surface area (Å²) in [7, 11) is 1.84. The van der Waals surface area contributed by atoms with Crippen LogP contribution in [-0.4, -0.2) is 116 Å². The van der Waals surface area contributed by atoms with Gasteiger partial charge in [0.05, 0.1) is 50.5 Å². The minimum Gasteiger partial charge on any atom is -0.480 e. The maximum atomic E-state index is 12.9. The van der Waals surface area contributed by atoms with E-state index in [0.717, 1.165) is 23.7 Å². The van der Waals surface area contributed by atoms with Crippen molar-refractivity contribution in [3.63, 3.8) is 0 Å². The third-order valence-electron chi connectivity index (χ3n) is 7.51. The largest absolute Gasteiger partial charge is 0.480 e. The van der Waals surface area contributed by atoms with Crippen LogP contribution in [0.3, 0.4) is 0 Å². The van der Waals surface area contributed by atoms with Gasteiger partial charge in [-0.15, -0.1) is 5.10 Å². The topological polar surface area (TPSA) is 252 Å². The number of carbonyl (C=O) groups is 3. The van der Waals surface area contributed by atoms with Gasteiger partial charge in [-0.05, 0) is 43.4 Å². The quantitative estimate of drug-likeness (QED) is 0.0707. The highest BCUT2D eigenvalue weighted by Gasteiger charge is 2.22. The van der Waals surface area contributed by atoms with Gasteiger partial charge in [-0.2, -0.15) is 21.7 Å². The van der Waals surface area contributed by atoms with Gasteiger partial charge < -0.3 is 41.6 Å². The first-order valence-electron chi connectivity index (χ1n) is 16.3. The summed E-state index contributed by atoms with van der Waals surface area (Å²) < 4.78 is 12.9. The molecule has 1 atom stereocenters. The average Bonchev–Trinajstić information content (AvgIpc) is 3.57. The molecule has 274 valence electrons. The standard InChI is InChI=1S/C32H44N12O6S/c1-43(19-23-18-36-29-27(37-23)28(33)39-32(34)40-29)24-6-4-21(5-7-24)30(46)38-25(31(47)48)8-9-26(45)35-11-3-13-49-15-12-44-20-22(41-42-44)10-14-50-16-17-51-2/h4-7,18,20,25H,3,8-17,19H2,1-2H3,(H,35,45)(H,38,46)(H,47,48)(H4,33,34,36,39,40). The van der Waals surface area contributed by atoms with Crippen LogP contribution >= 0.6 is 11.8 Å². The van der Waals surface area contributed by atoms with Gasteiger partial charge in [0.2, 0.25) is 11.9 Å². The molecule has 1 aromatic carbocycles. The molecule has 3 aromatic heterocycles. The van der Waals surface area contributed by atoms with Crippen molar-refractivity contribution in [1.82, 2.24) is 45.6 Å². The average molecular weight is 725 g/mol. The lowest BCUT2D eigenvalue weighted by atomic mass is 10.1. The molecule has 0 saturated heterocycles. The number of fused-ring (bicyclic) bond motifs is 1. The molecule has 0 fully saturated rings. The number of carboxylic acid groups (broad SMARTS) is 1. The summed E-state index contributed by atoms with van der Waals surface area (Å²) in [4.78, 5) is 55.6. The molecule has 19 heteroatoms. The number of ether oxygens (including phenoxy) is 2. The van der Waals surface area contributed by atoms with Crippen LogP contribution in [0.15, 0.2) is 36.7 Å². The number of hydrogen-bond acceptors (Lipinski definition) is 15. The lowest BCUT2D eigenvalue weighted by molar-refractivity contribution is -0.139. The van der Waals surface area contributed by atoms with Crippen LogP contribution in [0.2, 0.25) is 0 Å². The second kappa shape index (κ2) is 19.9. The molecule has 0 aliphatic heterocycles. The number of carboxylic acids is 1. The summed E-state index contributed by atoms with van der Waals surface area (Å²) >= 11 is 1.74. The Balaban J connectivity index is 1.11. The Bertz CT molecular complexity index is 1740. The number of rotatable bonds is 22. The van der Waals surface area contributed by atoms with Crippen molar-refractivity contribution in [2.24, 2.45) is 0 Å². The molecular weight excluding hydrogens is 680 g/mol. The van der Waals surface area contributed by atoms with E-state index in [9.17, 15) is 19.5 Å². The Morgan fingerprint density at radius 3 is 2.59 bits per heavy atom. The van der Waals surface area contributed by atoms with Gasteiger partial charge in [0.1, 0.15) is 6.04 Å². The molecule has 51 heavy (non-hydrogen) atoms. The van der Waals surface area contributed by atoms with Crippen molar-refractivity contribution in [3.05, 3.63) is 53.6 Å². The van der Waals surface area contributed by atoms with Crippen molar-refractivity contribution in [3.8, 4) is 0 Å². The Morgan fingerprint density at radius 2 is 1.82 bits per heavy atom. The van der Waals surface area contributed by atoms with Crippen molar-refractivity contribution in [2.75, 3.05) is 68.4 Å². The highest BCUT2D eigenvalue weighted by molar-refractivity contribution is 7.98. The van der Waals surface area contributed by atoms with E-state index >= 15 is 0 Å². The summed E-state index contributed by atoms with van der Waals surface area (Å²) in [5.41, 5.74) is 14.7. The maximum Gasteiger partial charge on any atom is 0.326 e. The first kappa shape index (κ1) is 38.7. The third-order valence-corrected chi connectivity index (χ3v) is 8.08. The number of anilines is 3. The zero-order chi connectivity index (χ0) is 36.6. The minimum atomic E-state index is -1.24. The molecule has 0 bridgehead atoms. The molecule has 18 nitrogen and oxygen atoms in total. The minimum absolute atomic E-state index is 0.0156. The number of carbonyl (C=O) groups excluding carboxylic acids is 2. The Hall–Kier alpha value is -5.14. The predicted octanol–water partition coefficient (Wildman–Crippen LogP) is 0.921. The van der Waals surface area contributed by atoms with Crippen LogP contribution in [0.5, 0.6) is 0 Å². The summed E-state index contributed by atoms with van der Waals surface area (Å²) in [6, 6.07) is 5.39. The molecular formula is C32H44N12O6S. The van der Waals surface area contributed by atoms with E-state index in [0.29, 0.717) is 69.2 Å². The number of aliphatic carboxylic acids is 1. The van der Waals surface area contributed by atoms with E-state index in [-0.39, 0.29) is 36.1 Å². The van der Waals surface area contributed by atoms with Gasteiger partial charge in [-0.3, -0.25) is 9.59 Å². The van der Waals surface area contributed by atoms with E-state index in [1.807, 2.05) is 24.4 Å². The zero-order valence-electron chi connectivity index (χ0n) is 28.7. The number of benzene rings is 1. The number of aromatic nitrogens is 7. The van der Waals surface area contributed by atoms with Crippen LogP contribution in [-0.2, 0) is 38.6 Å². The van der Waals surface area contributed by atoms with Gasteiger partial charge >= 0.3 is 5.97 Å². The van der Waals surface area contributed by atoms with E-state index in [1.165, 1.54) is 0 Å². The van der Waals surface area contributed by atoms with Crippen LogP contribution in [0.4, 0.5) is 17.5 Å². The Labute approximate surface area is 299 Å². The molecule has 0 radical (unpaired) electrons. The molecule has 4 aromatic rings. The van der Waals surface area contributed by atoms with E-state index < -0.39 is 17.9 Å². The number of thioether (sulfide) groups is 1. The number of hydrogen-bond donors (Lipinski definition) is 5. The van der Waals surface area contributed by atoms with Crippen LogP contribution < -0.4 is 27.0 Å². The van der Waals surface area contributed by atoms with E-state index in [4.69, 9.17) is 20.9 Å². The Morgan fingerprint density at radius 1 is 1.04 bits per heavy atom. The second-order valence-corrected chi connectivity index (χ2v) is 12.4. The molecule has 0 spiro atoms. The molecule has 0 aliphatic rings. The monoisotopic (exact) mass is 724 g/mol. The third kappa shape index (κ3) is 12.6. The second-order valence-electron chi connectivity index (χ2n) is 11.5. The van der Waals surface area contributed by atoms with Crippen LogP contribution in [0.1, 0.15) is 41.0 Å². The van der Waals surface area contributed by atoms with Crippen molar-refractivity contribution >= 4 is 58.2 Å². The summed E-state index contributed by atoms with van der Waals surface area (Å²) in [5.74, 6) is -0.996. The number of nitrogen functional groups attached to an aromatic ring is 2. The molecule has 7 N–H and O–H groups in total. The number of nitrogens with two attached hydrogens (primary N) is 2. The van der Waals surface area contributed by atoms with Gasteiger partial charge in [0.25, 0.3) is 5.91 Å². The summed E-state index contributed by atoms with van der Waals surface area (Å²) in [5, 5.41) is 23.2. The molecule has 0 aliphatic carbocycles. The number of nitrogens with zero attached hydrogens (tertiary/aromatic N) is 8. The highest BCUT2D eigenvalue weighted by Crippen LogP contribution is 2.19. The fraction of sp³-hybridized carbons (Fsp3) is 0.469. The summed E-state index contributed by atoms with van der Waals surface area (Å²) in [6.07, 6.45) is 6.64. The van der Waals surface area contributed by atoms with E-state index in [1.54, 1.807) is 46.9 Å². The molecule has 1 unspecified atom stereocenters. The fourth-order valence-corrected chi connectivity index (χ4v) is 5.05. The maximum absolute atomic E-state index is 12.9. The SMILES string of the molecule is CSCCOCCc1cn(CCOCCCNC(=O)CCC(NC(=O)c2ccc(N(C)Cc3cnc4nc(N)nc(N)c4n3)cc2)C(=O)O)nn1. The van der Waals surface area contributed by atoms with Crippen molar-refractivity contribution < 1.29 is 29.0 Å². The van der Waals surface area contributed by atoms with Gasteiger partial charge in [-0.25, -0.2) is 19.4 Å². The first-order valence-corrected chi connectivity index (χ1v) is 17.7. The number of nitrogens with one attached hydrogen (secondary N) is 2. The van der Waals surface area contributed by atoms with E-state index in [2.05, 4.69) is 40.9 Å². The van der Waals surface area contributed by atoms with Crippen molar-refractivity contribution in [2.45, 2.75) is 44.8 Å². The van der Waals surface area contributed by atoms with Gasteiger partial charge in [0.15, 0.2) is 17.0 Å². The van der Waals surface area contributed by atoms with Gasteiger partial charge in [-0.1, -0.05) is 5.21 Å². The molecule has 0 saturated carbocycles. The van der Waals surface area contributed by atoms with Gasteiger partial charge in [0, 0.05) is 56.2 Å². The summed E-state index contributed by atoms with van der Waals surface area (Å²) in [6.45, 7) is 3.52. The predicted molar refractivity (Wildman–Crippen MR) is 192 cm³/mol. The zero-order valence-corrected chi connectivity index (χ0v) is 29.5. The first-order chi connectivity index (χ1) is 24.6. The van der Waals surface area contributed by atoms with Crippen LogP contribution in [0.25, 0.3) is 11.2 Å². The Kier molecular flexibility index (Phi) is 15.1. The van der Waals surface area contributed by atoms with Crippen molar-refractivity contribution in [1.29, 1.82) is 0 Å². The number of amides is 2. The lowest BCUT2D eigenvalue weighted by Crippen LogP contribution is -2.41. The highest BCUT2D eigenvalue weighted by atomic mass is 32.2. The molecule has 2 amide bonds.